The lowest BCUT2D eigenvalue weighted by Gasteiger charge is -2.02. The molecule has 2 N–H and O–H groups in total. The molecule has 0 unspecified atom stereocenters. The first-order valence-electron chi connectivity index (χ1n) is 6.31. The van der Waals surface area contributed by atoms with Gasteiger partial charge in [0.05, 0.1) is 12.1 Å². The first kappa shape index (κ1) is 16.1. The molecule has 0 bridgehead atoms. The molecule has 0 saturated carbocycles. The highest BCUT2D eigenvalue weighted by atomic mass is 35.5. The molecule has 0 aliphatic carbocycles. The fourth-order valence-electron chi connectivity index (χ4n) is 1.52. The molecule has 0 heterocycles. The minimum atomic E-state index is -0.180. The minimum absolute atomic E-state index is 0.0699. The number of alkyl halides is 1. The molecular weight excluding hydrogens is 276 g/mol. The Morgan fingerprint density at radius 2 is 2.05 bits per heavy atom. The average molecular weight is 293 g/mol. The summed E-state index contributed by atoms with van der Waals surface area (Å²) in [4.78, 5) is 23.0. The molecule has 4 nitrogen and oxygen atoms in total. The first-order valence-corrected chi connectivity index (χ1v) is 6.85. The van der Waals surface area contributed by atoms with E-state index >= 15 is 0 Å². The van der Waals surface area contributed by atoms with Crippen molar-refractivity contribution in [1.82, 2.24) is 10.6 Å². The molecule has 0 saturated heterocycles. The molecular formula is C15H17ClN2O2. The number of amides is 2. The normalized spacial score (nSPS) is 9.30. The van der Waals surface area contributed by atoms with Gasteiger partial charge < -0.3 is 10.6 Å². The van der Waals surface area contributed by atoms with Crippen LogP contribution >= 0.6 is 11.6 Å². The molecule has 1 aromatic carbocycles. The van der Waals surface area contributed by atoms with Crippen molar-refractivity contribution in [2.24, 2.45) is 0 Å². The molecule has 5 heteroatoms. The zero-order chi connectivity index (χ0) is 14.8. The predicted molar refractivity (Wildman–Crippen MR) is 79.7 cm³/mol. The molecule has 1 rings (SSSR count). The lowest BCUT2D eigenvalue weighted by Crippen LogP contribution is -2.23. The van der Waals surface area contributed by atoms with Crippen molar-refractivity contribution >= 4 is 23.4 Å². The molecule has 1 aromatic rings. The molecule has 0 spiro atoms. The van der Waals surface area contributed by atoms with Gasteiger partial charge in [0.15, 0.2) is 0 Å². The molecule has 0 aliphatic heterocycles. The average Bonchev–Trinajstić information content (AvgIpc) is 2.49. The van der Waals surface area contributed by atoms with E-state index in [1.165, 1.54) is 0 Å². The number of hydrogen-bond donors (Lipinski definition) is 2. The van der Waals surface area contributed by atoms with Gasteiger partial charge >= 0.3 is 0 Å². The smallest absolute Gasteiger partial charge is 0.252 e. The molecule has 106 valence electrons. The van der Waals surface area contributed by atoms with Crippen molar-refractivity contribution in [2.75, 3.05) is 19.5 Å². The van der Waals surface area contributed by atoms with Gasteiger partial charge in [0, 0.05) is 24.9 Å². The number of hydrogen-bond acceptors (Lipinski definition) is 2. The van der Waals surface area contributed by atoms with Gasteiger partial charge in [-0.05, 0) is 18.6 Å². The maximum Gasteiger partial charge on any atom is 0.252 e. The van der Waals surface area contributed by atoms with E-state index in [9.17, 15) is 9.59 Å². The van der Waals surface area contributed by atoms with Crippen molar-refractivity contribution in [3.8, 4) is 11.8 Å². The highest BCUT2D eigenvalue weighted by Gasteiger charge is 2.06. The van der Waals surface area contributed by atoms with E-state index in [0.717, 1.165) is 0 Å². The number of nitrogens with one attached hydrogen (secondary N) is 2. The quantitative estimate of drug-likeness (QED) is 0.639. The molecule has 0 aromatic heterocycles. The summed E-state index contributed by atoms with van der Waals surface area (Å²) in [6, 6.07) is 7.08. The lowest BCUT2D eigenvalue weighted by atomic mass is 10.1. The van der Waals surface area contributed by atoms with E-state index in [0.29, 0.717) is 29.8 Å². The molecule has 0 radical (unpaired) electrons. The van der Waals surface area contributed by atoms with Gasteiger partial charge in [-0.3, -0.25) is 9.59 Å². The highest BCUT2D eigenvalue weighted by molar-refractivity contribution is 6.17. The van der Waals surface area contributed by atoms with E-state index in [-0.39, 0.29) is 18.4 Å². The minimum Gasteiger partial charge on any atom is -0.355 e. The zero-order valence-corrected chi connectivity index (χ0v) is 12.1. The standard InChI is InChI=1S/C15H17ClN2O2/c1-17-15(20)13-8-3-2-6-12(13)7-5-11-18-14(19)9-4-10-16/h2-3,6,8H,4,9-11H2,1H3,(H,17,20)(H,18,19). The Morgan fingerprint density at radius 3 is 2.75 bits per heavy atom. The van der Waals surface area contributed by atoms with E-state index in [4.69, 9.17) is 11.6 Å². The van der Waals surface area contributed by atoms with Crippen LogP contribution in [-0.2, 0) is 4.79 Å². The third-order valence-electron chi connectivity index (χ3n) is 2.53. The van der Waals surface area contributed by atoms with Crippen molar-refractivity contribution in [1.29, 1.82) is 0 Å². The first-order chi connectivity index (χ1) is 9.69. The molecule has 2 amide bonds. The van der Waals surface area contributed by atoms with Crippen LogP contribution in [-0.4, -0.2) is 31.3 Å². The second kappa shape index (κ2) is 9.00. The van der Waals surface area contributed by atoms with E-state index < -0.39 is 0 Å². The van der Waals surface area contributed by atoms with Crippen LogP contribution in [0.4, 0.5) is 0 Å². The number of benzene rings is 1. The summed E-state index contributed by atoms with van der Waals surface area (Å²) in [5.74, 6) is 5.94. The van der Waals surface area contributed by atoms with Crippen LogP contribution in [0.1, 0.15) is 28.8 Å². The molecule has 0 atom stereocenters. The third-order valence-corrected chi connectivity index (χ3v) is 2.80. The van der Waals surface area contributed by atoms with Crippen LogP contribution in [0.25, 0.3) is 0 Å². The number of carbonyl (C=O) groups is 2. The molecule has 20 heavy (non-hydrogen) atoms. The SMILES string of the molecule is CNC(=O)c1ccccc1C#CCNC(=O)CCCCl. The summed E-state index contributed by atoms with van der Waals surface area (Å²) in [5.41, 5.74) is 1.16. The fraction of sp³-hybridized carbons (Fsp3) is 0.333. The van der Waals surface area contributed by atoms with Crippen molar-refractivity contribution in [2.45, 2.75) is 12.8 Å². The maximum absolute atomic E-state index is 11.6. The number of carbonyl (C=O) groups excluding carboxylic acids is 2. The Morgan fingerprint density at radius 1 is 1.30 bits per heavy atom. The molecule has 0 aliphatic rings. The summed E-state index contributed by atoms with van der Waals surface area (Å²) in [6.07, 6.45) is 1.06. The van der Waals surface area contributed by atoms with Gasteiger partial charge in [-0.25, -0.2) is 0 Å². The van der Waals surface area contributed by atoms with E-state index in [1.54, 1.807) is 25.2 Å². The summed E-state index contributed by atoms with van der Waals surface area (Å²) >= 11 is 5.50. The topological polar surface area (TPSA) is 58.2 Å². The zero-order valence-electron chi connectivity index (χ0n) is 11.3. The fourth-order valence-corrected chi connectivity index (χ4v) is 1.66. The van der Waals surface area contributed by atoms with Crippen molar-refractivity contribution in [3.05, 3.63) is 35.4 Å². The van der Waals surface area contributed by atoms with Crippen LogP contribution < -0.4 is 10.6 Å². The summed E-state index contributed by atoms with van der Waals surface area (Å²) in [5, 5.41) is 5.24. The van der Waals surface area contributed by atoms with Gasteiger partial charge in [-0.15, -0.1) is 11.6 Å². The Kier molecular flexibility index (Phi) is 7.23. The van der Waals surface area contributed by atoms with E-state index in [2.05, 4.69) is 22.5 Å². The van der Waals surface area contributed by atoms with Gasteiger partial charge in [0.1, 0.15) is 0 Å². The van der Waals surface area contributed by atoms with Crippen molar-refractivity contribution in [3.63, 3.8) is 0 Å². The Hall–Kier alpha value is -1.99. The van der Waals surface area contributed by atoms with Gasteiger partial charge in [-0.1, -0.05) is 24.0 Å². The van der Waals surface area contributed by atoms with Crippen LogP contribution in [0.15, 0.2) is 24.3 Å². The molecule has 0 fully saturated rings. The Labute approximate surface area is 123 Å². The monoisotopic (exact) mass is 292 g/mol. The second-order valence-electron chi connectivity index (χ2n) is 4.00. The van der Waals surface area contributed by atoms with Gasteiger partial charge in [0.2, 0.25) is 5.91 Å². The highest BCUT2D eigenvalue weighted by Crippen LogP contribution is 2.06. The van der Waals surface area contributed by atoms with Gasteiger partial charge in [0.25, 0.3) is 5.91 Å². The maximum atomic E-state index is 11.6. The number of halogens is 1. The van der Waals surface area contributed by atoms with Crippen LogP contribution in [0.2, 0.25) is 0 Å². The Balaban J connectivity index is 2.60. The van der Waals surface area contributed by atoms with Gasteiger partial charge in [-0.2, -0.15) is 0 Å². The summed E-state index contributed by atoms with van der Waals surface area (Å²) in [7, 11) is 1.57. The second-order valence-corrected chi connectivity index (χ2v) is 4.37. The number of rotatable bonds is 5. The largest absolute Gasteiger partial charge is 0.355 e. The van der Waals surface area contributed by atoms with Crippen LogP contribution in [0, 0.1) is 11.8 Å². The third kappa shape index (κ3) is 5.33. The van der Waals surface area contributed by atoms with Crippen LogP contribution in [0.3, 0.4) is 0 Å². The predicted octanol–water partition coefficient (Wildman–Crippen LogP) is 1.53. The lowest BCUT2D eigenvalue weighted by molar-refractivity contribution is -0.120. The summed E-state index contributed by atoms with van der Waals surface area (Å²) < 4.78 is 0. The van der Waals surface area contributed by atoms with Crippen molar-refractivity contribution < 1.29 is 9.59 Å². The van der Waals surface area contributed by atoms with E-state index in [1.807, 2.05) is 6.07 Å². The Bertz CT molecular complexity index is 532. The summed E-state index contributed by atoms with van der Waals surface area (Å²) in [6.45, 7) is 0.253. The van der Waals surface area contributed by atoms with Crippen LogP contribution in [0.5, 0.6) is 0 Å².